The molecular formula is C15H14N2O. The molecule has 0 aliphatic heterocycles. The molecule has 0 saturated carbocycles. The van der Waals surface area contributed by atoms with Crippen LogP contribution in [0, 0.1) is 6.92 Å². The van der Waals surface area contributed by atoms with Crippen molar-refractivity contribution >= 4 is 5.65 Å². The van der Waals surface area contributed by atoms with Crippen molar-refractivity contribution in [1.82, 2.24) is 9.38 Å². The van der Waals surface area contributed by atoms with Crippen LogP contribution >= 0.6 is 0 Å². The van der Waals surface area contributed by atoms with Gasteiger partial charge in [-0.1, -0.05) is 24.3 Å². The smallest absolute Gasteiger partial charge is 0.183 e. The van der Waals surface area contributed by atoms with Crippen LogP contribution in [-0.2, 0) is 6.42 Å². The van der Waals surface area contributed by atoms with E-state index in [-0.39, 0.29) is 5.43 Å². The van der Waals surface area contributed by atoms with Crippen LogP contribution in [0.2, 0.25) is 0 Å². The van der Waals surface area contributed by atoms with E-state index in [1.54, 1.807) is 18.3 Å². The van der Waals surface area contributed by atoms with E-state index < -0.39 is 0 Å². The van der Waals surface area contributed by atoms with Crippen LogP contribution in [-0.4, -0.2) is 9.38 Å². The number of rotatable bonds is 2. The molecule has 0 atom stereocenters. The van der Waals surface area contributed by atoms with Crippen LogP contribution in [0.15, 0.2) is 53.6 Å². The Morgan fingerprint density at radius 2 is 2.06 bits per heavy atom. The summed E-state index contributed by atoms with van der Waals surface area (Å²) >= 11 is 0. The van der Waals surface area contributed by atoms with Crippen molar-refractivity contribution in [3.8, 4) is 0 Å². The molecule has 0 spiro atoms. The van der Waals surface area contributed by atoms with Crippen LogP contribution < -0.4 is 5.43 Å². The van der Waals surface area contributed by atoms with Gasteiger partial charge in [0.1, 0.15) is 5.65 Å². The molecule has 18 heavy (non-hydrogen) atoms. The summed E-state index contributed by atoms with van der Waals surface area (Å²) in [5.41, 5.74) is 4.55. The summed E-state index contributed by atoms with van der Waals surface area (Å²) in [5, 5.41) is 0. The van der Waals surface area contributed by atoms with E-state index in [1.165, 1.54) is 11.1 Å². The van der Waals surface area contributed by atoms with Gasteiger partial charge in [0.05, 0.1) is 0 Å². The first-order valence-electron chi connectivity index (χ1n) is 5.97. The second-order valence-electron chi connectivity index (χ2n) is 4.54. The molecule has 90 valence electrons. The van der Waals surface area contributed by atoms with Crippen LogP contribution in [0.4, 0.5) is 0 Å². The lowest BCUT2D eigenvalue weighted by Gasteiger charge is -2.02. The van der Waals surface area contributed by atoms with E-state index in [2.05, 4.69) is 24.0 Å². The molecule has 3 rings (SSSR count). The third-order valence-corrected chi connectivity index (χ3v) is 3.18. The second kappa shape index (κ2) is 4.18. The Bertz CT molecular complexity index is 752. The van der Waals surface area contributed by atoms with Crippen molar-refractivity contribution in [2.24, 2.45) is 0 Å². The maximum Gasteiger partial charge on any atom is 0.183 e. The third kappa shape index (κ3) is 1.95. The Morgan fingerprint density at radius 3 is 2.89 bits per heavy atom. The molecule has 3 heteroatoms. The molecule has 0 saturated heterocycles. The molecule has 0 fully saturated rings. The maximum absolute atomic E-state index is 11.3. The molecule has 0 unspecified atom stereocenters. The number of nitrogens with zero attached hydrogens (tertiary/aromatic N) is 1. The standard InChI is InChI=1S/C15H14N2O/c1-11-4-2-3-5-12(11)8-13-10-17-7-6-14(18)9-15(17)16-13/h2-7,9-10,16H,8H2,1H3. The number of aryl methyl sites for hydroxylation is 1. The molecule has 0 bridgehead atoms. The molecule has 0 radical (unpaired) electrons. The van der Waals surface area contributed by atoms with Crippen LogP contribution in [0.25, 0.3) is 5.65 Å². The summed E-state index contributed by atoms with van der Waals surface area (Å²) in [6.45, 7) is 2.11. The molecule has 3 nitrogen and oxygen atoms in total. The zero-order chi connectivity index (χ0) is 12.5. The Hall–Kier alpha value is -2.29. The highest BCUT2D eigenvalue weighted by atomic mass is 16.1. The van der Waals surface area contributed by atoms with Gasteiger partial charge in [-0.15, -0.1) is 0 Å². The number of aromatic amines is 1. The Kier molecular flexibility index (Phi) is 2.52. The predicted molar refractivity (Wildman–Crippen MR) is 72.0 cm³/mol. The topological polar surface area (TPSA) is 37.3 Å². The van der Waals surface area contributed by atoms with E-state index in [0.717, 1.165) is 17.8 Å². The van der Waals surface area contributed by atoms with E-state index in [1.807, 2.05) is 22.7 Å². The quantitative estimate of drug-likeness (QED) is 0.732. The summed E-state index contributed by atoms with van der Waals surface area (Å²) < 4.78 is 1.94. The summed E-state index contributed by atoms with van der Waals surface area (Å²) in [5.74, 6) is 0. The fourth-order valence-electron chi connectivity index (χ4n) is 2.17. The highest BCUT2D eigenvalue weighted by Gasteiger charge is 2.03. The van der Waals surface area contributed by atoms with Gasteiger partial charge in [0.15, 0.2) is 5.43 Å². The van der Waals surface area contributed by atoms with Gasteiger partial charge in [0.25, 0.3) is 0 Å². The first kappa shape index (κ1) is 10.8. The average molecular weight is 238 g/mol. The fourth-order valence-corrected chi connectivity index (χ4v) is 2.17. The summed E-state index contributed by atoms with van der Waals surface area (Å²) in [6, 6.07) is 11.5. The van der Waals surface area contributed by atoms with Crippen molar-refractivity contribution in [1.29, 1.82) is 0 Å². The van der Waals surface area contributed by atoms with Crippen LogP contribution in [0.1, 0.15) is 16.8 Å². The van der Waals surface area contributed by atoms with E-state index in [9.17, 15) is 4.79 Å². The Labute approximate surface area is 105 Å². The number of benzene rings is 1. The summed E-state index contributed by atoms with van der Waals surface area (Å²) in [6.07, 6.45) is 4.67. The van der Waals surface area contributed by atoms with Gasteiger partial charge < -0.3 is 9.38 Å². The summed E-state index contributed by atoms with van der Waals surface area (Å²) in [7, 11) is 0. The van der Waals surface area contributed by atoms with Crippen molar-refractivity contribution in [2.75, 3.05) is 0 Å². The molecule has 0 amide bonds. The van der Waals surface area contributed by atoms with Gasteiger partial charge in [0.2, 0.25) is 0 Å². The number of pyridine rings is 1. The van der Waals surface area contributed by atoms with Crippen molar-refractivity contribution in [3.63, 3.8) is 0 Å². The monoisotopic (exact) mass is 238 g/mol. The first-order chi connectivity index (χ1) is 8.72. The minimum atomic E-state index is 0.0271. The first-order valence-corrected chi connectivity index (χ1v) is 5.97. The minimum absolute atomic E-state index is 0.0271. The van der Waals surface area contributed by atoms with Gasteiger partial charge in [-0.05, 0) is 18.1 Å². The summed E-state index contributed by atoms with van der Waals surface area (Å²) in [4.78, 5) is 14.5. The van der Waals surface area contributed by atoms with Crippen LogP contribution in [0.5, 0.6) is 0 Å². The van der Waals surface area contributed by atoms with Crippen LogP contribution in [0.3, 0.4) is 0 Å². The van der Waals surface area contributed by atoms with Gasteiger partial charge >= 0.3 is 0 Å². The highest BCUT2D eigenvalue weighted by molar-refractivity contribution is 5.41. The minimum Gasteiger partial charge on any atom is -0.343 e. The number of nitrogens with one attached hydrogen (secondary N) is 1. The van der Waals surface area contributed by atoms with Gasteiger partial charge in [0, 0.05) is 36.6 Å². The Balaban J connectivity index is 2.01. The number of imidazole rings is 1. The zero-order valence-corrected chi connectivity index (χ0v) is 10.2. The number of aromatic nitrogens is 2. The maximum atomic E-state index is 11.3. The molecule has 3 aromatic rings. The average Bonchev–Trinajstić information content (AvgIpc) is 2.73. The highest BCUT2D eigenvalue weighted by Crippen LogP contribution is 2.13. The number of fused-ring (bicyclic) bond motifs is 1. The zero-order valence-electron chi connectivity index (χ0n) is 10.2. The number of hydrogen-bond acceptors (Lipinski definition) is 1. The SMILES string of the molecule is Cc1ccccc1Cc1cn2ccc(=O)cc2[nH]1. The molecule has 0 aliphatic rings. The lowest BCUT2D eigenvalue weighted by Crippen LogP contribution is -1.97. The molecule has 0 aliphatic carbocycles. The van der Waals surface area contributed by atoms with Crippen molar-refractivity contribution < 1.29 is 0 Å². The number of H-pyrrole nitrogens is 1. The lowest BCUT2D eigenvalue weighted by molar-refractivity contribution is 1.09. The Morgan fingerprint density at radius 1 is 1.22 bits per heavy atom. The van der Waals surface area contributed by atoms with E-state index in [4.69, 9.17) is 0 Å². The second-order valence-corrected chi connectivity index (χ2v) is 4.54. The van der Waals surface area contributed by atoms with Gasteiger partial charge in [-0.25, -0.2) is 0 Å². The van der Waals surface area contributed by atoms with Gasteiger partial charge in [-0.3, -0.25) is 4.79 Å². The largest absolute Gasteiger partial charge is 0.343 e. The van der Waals surface area contributed by atoms with E-state index >= 15 is 0 Å². The molecular weight excluding hydrogens is 224 g/mol. The van der Waals surface area contributed by atoms with Gasteiger partial charge in [-0.2, -0.15) is 0 Å². The predicted octanol–water partition coefficient (Wildman–Crippen LogP) is 2.53. The lowest BCUT2D eigenvalue weighted by atomic mass is 10.0. The molecule has 1 aromatic carbocycles. The third-order valence-electron chi connectivity index (χ3n) is 3.18. The molecule has 2 heterocycles. The molecule has 2 aromatic heterocycles. The normalized spacial score (nSPS) is 10.9. The molecule has 1 N–H and O–H groups in total. The van der Waals surface area contributed by atoms with Crippen molar-refractivity contribution in [3.05, 3.63) is 75.8 Å². The van der Waals surface area contributed by atoms with Crippen molar-refractivity contribution in [2.45, 2.75) is 13.3 Å². The fraction of sp³-hybridized carbons (Fsp3) is 0.133. The number of hydrogen-bond donors (Lipinski definition) is 1. The van der Waals surface area contributed by atoms with E-state index in [0.29, 0.717) is 0 Å².